The van der Waals surface area contributed by atoms with Crippen molar-refractivity contribution in [2.75, 3.05) is 12.4 Å². The van der Waals surface area contributed by atoms with Crippen molar-refractivity contribution >= 4 is 27.7 Å². The summed E-state index contributed by atoms with van der Waals surface area (Å²) in [7, 11) is 1.92. The molecule has 0 aromatic heterocycles. The Bertz CT molecular complexity index is 407. The van der Waals surface area contributed by atoms with Gasteiger partial charge in [0.15, 0.2) is 5.78 Å². The van der Waals surface area contributed by atoms with E-state index in [1.54, 1.807) is 0 Å². The zero-order valence-electron chi connectivity index (χ0n) is 15.5. The molecular weight excluding hydrogens is 358 g/mol. The second kappa shape index (κ2) is 11.0. The highest BCUT2D eigenvalue weighted by atomic mass is 79.9. The Labute approximate surface area is 149 Å². The quantitative estimate of drug-likeness (QED) is 0.323. The molecule has 0 fully saturated rings. The average molecular weight is 390 g/mol. The smallest absolute Gasteiger partial charge is 0.316 e. The molecule has 0 N–H and O–H groups in total. The van der Waals surface area contributed by atoms with Crippen molar-refractivity contribution in [2.45, 2.75) is 66.2 Å². The summed E-state index contributed by atoms with van der Waals surface area (Å²) in [5, 5.41) is 0.133. The maximum absolute atomic E-state index is 12.8. The number of Topliss-reactive ketones (excluding diaryl/α,β-unsaturated/α-hetero) is 1. The standard InChI is InChI=1S/C18H32BrNO3/c1-8-9-10-14(6)18(23-15(21)11-19)16(17(22)12(2)3)20(7)13(4)5/h8-9,12-14,16,18H,10-11H2,1-7H3/b9-8+/t14-,16-,18-/m1/s1. The number of halogens is 1. The van der Waals surface area contributed by atoms with Gasteiger partial charge >= 0.3 is 5.97 Å². The van der Waals surface area contributed by atoms with Crippen LogP contribution in [-0.4, -0.2) is 47.2 Å². The van der Waals surface area contributed by atoms with Gasteiger partial charge in [0, 0.05) is 12.0 Å². The highest BCUT2D eigenvalue weighted by molar-refractivity contribution is 9.09. The van der Waals surface area contributed by atoms with Crippen LogP contribution in [0, 0.1) is 11.8 Å². The molecule has 0 saturated heterocycles. The third-order valence-corrected chi connectivity index (χ3v) is 4.56. The van der Waals surface area contributed by atoms with E-state index in [-0.39, 0.29) is 35.0 Å². The van der Waals surface area contributed by atoms with Gasteiger partial charge in [-0.1, -0.05) is 48.9 Å². The Morgan fingerprint density at radius 3 is 2.13 bits per heavy atom. The lowest BCUT2D eigenvalue weighted by Crippen LogP contribution is -2.54. The molecular formula is C18H32BrNO3. The molecule has 4 nitrogen and oxygen atoms in total. The zero-order chi connectivity index (χ0) is 18.2. The number of ketones is 1. The summed E-state index contributed by atoms with van der Waals surface area (Å²) < 4.78 is 5.68. The van der Waals surface area contributed by atoms with Crippen LogP contribution in [0.4, 0.5) is 0 Å². The minimum atomic E-state index is -0.460. The molecule has 0 spiro atoms. The number of allylic oxidation sites excluding steroid dienone is 2. The number of esters is 1. The first-order valence-electron chi connectivity index (χ1n) is 8.29. The lowest BCUT2D eigenvalue weighted by molar-refractivity contribution is -0.156. The van der Waals surface area contributed by atoms with E-state index in [4.69, 9.17) is 4.74 Å². The van der Waals surface area contributed by atoms with Gasteiger partial charge in [0.25, 0.3) is 0 Å². The summed E-state index contributed by atoms with van der Waals surface area (Å²) in [6.07, 6.45) is 4.33. The van der Waals surface area contributed by atoms with E-state index in [9.17, 15) is 9.59 Å². The Morgan fingerprint density at radius 1 is 1.17 bits per heavy atom. The second-order valence-electron chi connectivity index (χ2n) is 6.63. The first kappa shape index (κ1) is 22.3. The molecule has 0 aliphatic heterocycles. The first-order chi connectivity index (χ1) is 10.7. The van der Waals surface area contributed by atoms with Crippen molar-refractivity contribution in [3.63, 3.8) is 0 Å². The van der Waals surface area contributed by atoms with E-state index < -0.39 is 12.1 Å². The number of likely N-dealkylation sites (N-methyl/N-ethyl adjacent to an activating group) is 1. The van der Waals surface area contributed by atoms with Gasteiger partial charge < -0.3 is 4.74 Å². The van der Waals surface area contributed by atoms with E-state index in [1.807, 2.05) is 65.6 Å². The number of alkyl halides is 1. The number of ether oxygens (including phenoxy) is 1. The number of carbonyl (C=O) groups is 2. The SMILES string of the molecule is C/C=C/C[C@@H](C)[C@@H](OC(=O)CBr)[C@@H](C(=O)C(C)C)N(C)C(C)C. The van der Waals surface area contributed by atoms with Gasteiger partial charge in [0.1, 0.15) is 17.5 Å². The average Bonchev–Trinajstić information content (AvgIpc) is 2.50. The summed E-state index contributed by atoms with van der Waals surface area (Å²) in [6.45, 7) is 11.9. The van der Waals surface area contributed by atoms with Gasteiger partial charge in [-0.2, -0.15) is 0 Å². The van der Waals surface area contributed by atoms with Gasteiger partial charge in [-0.3, -0.25) is 14.5 Å². The van der Waals surface area contributed by atoms with Crippen LogP contribution < -0.4 is 0 Å². The number of rotatable bonds is 10. The molecule has 23 heavy (non-hydrogen) atoms. The van der Waals surface area contributed by atoms with Crippen molar-refractivity contribution in [3.8, 4) is 0 Å². The fraction of sp³-hybridized carbons (Fsp3) is 0.778. The van der Waals surface area contributed by atoms with Crippen LogP contribution in [0.5, 0.6) is 0 Å². The monoisotopic (exact) mass is 389 g/mol. The van der Waals surface area contributed by atoms with E-state index >= 15 is 0 Å². The van der Waals surface area contributed by atoms with Crippen LogP contribution in [0.2, 0.25) is 0 Å². The van der Waals surface area contributed by atoms with E-state index in [0.29, 0.717) is 0 Å². The van der Waals surface area contributed by atoms with Crippen molar-refractivity contribution in [2.24, 2.45) is 11.8 Å². The van der Waals surface area contributed by atoms with Gasteiger partial charge in [0.05, 0.1) is 0 Å². The van der Waals surface area contributed by atoms with Gasteiger partial charge in [0.2, 0.25) is 0 Å². The van der Waals surface area contributed by atoms with Crippen LogP contribution in [0.3, 0.4) is 0 Å². The molecule has 3 atom stereocenters. The minimum Gasteiger partial charge on any atom is -0.459 e. The van der Waals surface area contributed by atoms with Gasteiger partial charge in [-0.05, 0) is 40.2 Å². The Hall–Kier alpha value is -0.680. The van der Waals surface area contributed by atoms with Crippen LogP contribution in [0.25, 0.3) is 0 Å². The molecule has 0 aromatic rings. The third-order valence-electron chi connectivity index (χ3n) is 4.11. The molecule has 0 bridgehead atoms. The van der Waals surface area contributed by atoms with Crippen molar-refractivity contribution in [1.29, 1.82) is 0 Å². The highest BCUT2D eigenvalue weighted by Crippen LogP contribution is 2.24. The maximum Gasteiger partial charge on any atom is 0.316 e. The first-order valence-corrected chi connectivity index (χ1v) is 9.41. The fourth-order valence-corrected chi connectivity index (χ4v) is 2.55. The molecule has 0 aliphatic carbocycles. The number of carbonyl (C=O) groups excluding carboxylic acids is 2. The largest absolute Gasteiger partial charge is 0.459 e. The Kier molecular flexibility index (Phi) is 10.7. The topological polar surface area (TPSA) is 46.6 Å². The Balaban J connectivity index is 5.66. The van der Waals surface area contributed by atoms with Crippen molar-refractivity contribution in [3.05, 3.63) is 12.2 Å². The van der Waals surface area contributed by atoms with Crippen molar-refractivity contribution in [1.82, 2.24) is 4.90 Å². The van der Waals surface area contributed by atoms with Crippen LogP contribution in [0.15, 0.2) is 12.2 Å². The van der Waals surface area contributed by atoms with Crippen LogP contribution >= 0.6 is 15.9 Å². The predicted molar refractivity (Wildman–Crippen MR) is 98.8 cm³/mol. The summed E-state index contributed by atoms with van der Waals surface area (Å²) in [6, 6.07) is -0.250. The summed E-state index contributed by atoms with van der Waals surface area (Å²) in [5.74, 6) is -0.273. The number of hydrogen-bond donors (Lipinski definition) is 0. The highest BCUT2D eigenvalue weighted by Gasteiger charge is 2.39. The molecule has 0 rings (SSSR count). The molecule has 134 valence electrons. The molecule has 0 unspecified atom stereocenters. The second-order valence-corrected chi connectivity index (χ2v) is 7.19. The molecule has 5 heteroatoms. The maximum atomic E-state index is 12.8. The number of nitrogens with zero attached hydrogens (tertiary/aromatic N) is 1. The minimum absolute atomic E-state index is 0.0584. The summed E-state index contributed by atoms with van der Waals surface area (Å²) >= 11 is 3.14. The molecule has 0 radical (unpaired) electrons. The van der Waals surface area contributed by atoms with E-state index in [2.05, 4.69) is 15.9 Å². The van der Waals surface area contributed by atoms with Crippen LogP contribution in [-0.2, 0) is 14.3 Å². The fourth-order valence-electron chi connectivity index (χ4n) is 2.42. The lowest BCUT2D eigenvalue weighted by Gasteiger charge is -2.38. The molecule has 0 saturated carbocycles. The van der Waals surface area contributed by atoms with E-state index in [0.717, 1.165) is 6.42 Å². The number of hydrogen-bond acceptors (Lipinski definition) is 4. The van der Waals surface area contributed by atoms with Crippen molar-refractivity contribution < 1.29 is 14.3 Å². The summed E-state index contributed by atoms with van der Waals surface area (Å²) in [5.41, 5.74) is 0. The molecule has 0 amide bonds. The third kappa shape index (κ3) is 7.17. The molecule has 0 aliphatic rings. The van der Waals surface area contributed by atoms with Gasteiger partial charge in [-0.25, -0.2) is 0 Å². The Morgan fingerprint density at radius 2 is 1.74 bits per heavy atom. The van der Waals surface area contributed by atoms with E-state index in [1.165, 1.54) is 0 Å². The lowest BCUT2D eigenvalue weighted by atomic mass is 9.87. The molecule has 0 aromatic carbocycles. The summed E-state index contributed by atoms with van der Waals surface area (Å²) in [4.78, 5) is 26.7. The zero-order valence-corrected chi connectivity index (χ0v) is 17.1. The predicted octanol–water partition coefficient (Wildman–Crippen LogP) is 3.83. The molecule has 0 heterocycles. The van der Waals surface area contributed by atoms with Crippen LogP contribution in [0.1, 0.15) is 48.0 Å². The normalized spacial score (nSPS) is 16.1. The van der Waals surface area contributed by atoms with Gasteiger partial charge in [-0.15, -0.1) is 0 Å².